The number of benzene rings is 6. The van der Waals surface area contributed by atoms with Crippen LogP contribution in [0.4, 0.5) is 11.4 Å². The molecule has 0 aliphatic carbocycles. The van der Waals surface area contributed by atoms with Gasteiger partial charge in [-0.05, 0) is 96.1 Å². The van der Waals surface area contributed by atoms with Crippen molar-refractivity contribution >= 4 is 55.0 Å². The van der Waals surface area contributed by atoms with Crippen molar-refractivity contribution in [2.75, 3.05) is 23.8 Å². The zero-order valence-electron chi connectivity index (χ0n) is 27.5. The summed E-state index contributed by atoms with van der Waals surface area (Å²) in [5.74, 6) is 1.62. The van der Waals surface area contributed by atoms with Crippen LogP contribution in [0, 0.1) is 0 Å². The number of rotatable bonds is 14. The van der Waals surface area contributed by atoms with E-state index in [1.807, 2.05) is 72.8 Å². The van der Waals surface area contributed by atoms with E-state index in [0.29, 0.717) is 58.7 Å². The SMILES string of the molecule is O=C(Nc1ccc(Oc2ccc(NC(=O)c3cc(Br)ccc3OCCc3ccccc3)cc2)cc1)c1cc(Br)ccc1OCCc1ccccc1. The van der Waals surface area contributed by atoms with Gasteiger partial charge in [0.1, 0.15) is 23.0 Å². The number of amides is 2. The third-order valence-corrected chi connectivity index (χ3v) is 8.80. The Morgan fingerprint density at radius 2 is 0.882 bits per heavy atom. The molecule has 0 heterocycles. The first-order chi connectivity index (χ1) is 24.9. The molecule has 0 aromatic heterocycles. The molecule has 9 heteroatoms. The largest absolute Gasteiger partial charge is 0.492 e. The van der Waals surface area contributed by atoms with E-state index < -0.39 is 0 Å². The fourth-order valence-electron chi connectivity index (χ4n) is 5.20. The number of hydrogen-bond acceptors (Lipinski definition) is 5. The standard InChI is InChI=1S/C42H34Br2N2O5/c43-31-11-21-39(49-25-23-29-7-3-1-4-8-29)37(27-31)41(47)45-33-13-17-35(18-14-33)51-36-19-15-34(16-20-36)46-42(48)38-28-32(44)12-22-40(38)50-26-24-30-9-5-2-6-10-30/h1-22,27-28H,23-26H2,(H,45,47)(H,46,48). The molecule has 6 aromatic carbocycles. The summed E-state index contributed by atoms with van der Waals surface area (Å²) in [7, 11) is 0. The first-order valence-corrected chi connectivity index (χ1v) is 17.9. The zero-order valence-corrected chi connectivity index (χ0v) is 30.7. The molecule has 0 bridgehead atoms. The fourth-order valence-corrected chi connectivity index (χ4v) is 5.93. The Labute approximate surface area is 313 Å². The molecular weight excluding hydrogens is 772 g/mol. The summed E-state index contributed by atoms with van der Waals surface area (Å²) >= 11 is 6.93. The van der Waals surface area contributed by atoms with E-state index in [1.54, 1.807) is 72.8 Å². The molecule has 0 saturated heterocycles. The van der Waals surface area contributed by atoms with E-state index in [2.05, 4.69) is 42.5 Å². The van der Waals surface area contributed by atoms with Crippen LogP contribution in [-0.4, -0.2) is 25.0 Å². The molecule has 0 aliphatic rings. The Morgan fingerprint density at radius 3 is 1.27 bits per heavy atom. The third kappa shape index (κ3) is 10.3. The van der Waals surface area contributed by atoms with Gasteiger partial charge in [0.05, 0.1) is 24.3 Å². The highest BCUT2D eigenvalue weighted by Gasteiger charge is 2.16. The lowest BCUT2D eigenvalue weighted by Gasteiger charge is -2.13. The lowest BCUT2D eigenvalue weighted by molar-refractivity contribution is 0.101. The average molecular weight is 807 g/mol. The van der Waals surface area contributed by atoms with Crippen molar-refractivity contribution in [2.24, 2.45) is 0 Å². The van der Waals surface area contributed by atoms with Crippen molar-refractivity contribution in [3.63, 3.8) is 0 Å². The minimum atomic E-state index is -0.286. The van der Waals surface area contributed by atoms with Gasteiger partial charge < -0.3 is 24.8 Å². The van der Waals surface area contributed by atoms with E-state index in [9.17, 15) is 9.59 Å². The number of hydrogen-bond donors (Lipinski definition) is 2. The van der Waals surface area contributed by atoms with Gasteiger partial charge >= 0.3 is 0 Å². The third-order valence-electron chi connectivity index (χ3n) is 7.81. The first kappa shape index (κ1) is 35.4. The van der Waals surface area contributed by atoms with Crippen LogP contribution < -0.4 is 24.8 Å². The summed E-state index contributed by atoms with van der Waals surface area (Å²) < 4.78 is 19.6. The minimum Gasteiger partial charge on any atom is -0.492 e. The maximum atomic E-state index is 13.2. The molecule has 0 atom stereocenters. The quantitative estimate of drug-likeness (QED) is 0.115. The highest BCUT2D eigenvalue weighted by molar-refractivity contribution is 9.10. The van der Waals surface area contributed by atoms with Crippen LogP contribution in [0.15, 0.2) is 155 Å². The number of carbonyl (C=O) groups excluding carboxylic acids is 2. The van der Waals surface area contributed by atoms with Crippen molar-refractivity contribution in [1.29, 1.82) is 0 Å². The van der Waals surface area contributed by atoms with Crippen LogP contribution in [0.3, 0.4) is 0 Å². The molecule has 0 fully saturated rings. The fraction of sp³-hybridized carbons (Fsp3) is 0.0952. The molecule has 2 N–H and O–H groups in total. The molecule has 6 aromatic rings. The number of nitrogens with one attached hydrogen (secondary N) is 2. The normalized spacial score (nSPS) is 10.6. The molecule has 6 rings (SSSR count). The predicted octanol–water partition coefficient (Wildman–Crippen LogP) is 10.8. The first-order valence-electron chi connectivity index (χ1n) is 16.3. The van der Waals surface area contributed by atoms with Crippen molar-refractivity contribution in [1.82, 2.24) is 0 Å². The van der Waals surface area contributed by atoms with Gasteiger partial charge in [-0.3, -0.25) is 9.59 Å². The molecule has 0 radical (unpaired) electrons. The second kappa shape index (κ2) is 17.5. The molecule has 256 valence electrons. The van der Waals surface area contributed by atoms with Crippen molar-refractivity contribution in [2.45, 2.75) is 12.8 Å². The molecule has 0 saturated carbocycles. The van der Waals surface area contributed by atoms with Crippen molar-refractivity contribution in [3.05, 3.63) is 177 Å². The van der Waals surface area contributed by atoms with E-state index in [1.165, 1.54) is 0 Å². The monoisotopic (exact) mass is 804 g/mol. The molecule has 51 heavy (non-hydrogen) atoms. The smallest absolute Gasteiger partial charge is 0.259 e. The Balaban J connectivity index is 1.02. The van der Waals surface area contributed by atoms with Gasteiger partial charge in [-0.15, -0.1) is 0 Å². The second-order valence-electron chi connectivity index (χ2n) is 11.5. The Bertz CT molecular complexity index is 1920. The van der Waals surface area contributed by atoms with Crippen LogP contribution >= 0.6 is 31.9 Å². The highest BCUT2D eigenvalue weighted by atomic mass is 79.9. The van der Waals surface area contributed by atoms with Gasteiger partial charge in [-0.2, -0.15) is 0 Å². The summed E-state index contributed by atoms with van der Waals surface area (Å²) in [5.41, 5.74) is 4.40. The van der Waals surface area contributed by atoms with Gasteiger partial charge in [0.25, 0.3) is 11.8 Å². The summed E-state index contributed by atoms with van der Waals surface area (Å²) in [6, 6.07) is 45.1. The van der Waals surface area contributed by atoms with Crippen LogP contribution in [0.25, 0.3) is 0 Å². The zero-order chi connectivity index (χ0) is 35.4. The van der Waals surface area contributed by atoms with Crippen molar-refractivity contribution in [3.8, 4) is 23.0 Å². The van der Waals surface area contributed by atoms with Gasteiger partial charge in [0, 0.05) is 33.2 Å². The van der Waals surface area contributed by atoms with E-state index in [0.717, 1.165) is 32.9 Å². The van der Waals surface area contributed by atoms with E-state index >= 15 is 0 Å². The maximum absolute atomic E-state index is 13.2. The Kier molecular flexibility index (Phi) is 12.2. The Hall–Kier alpha value is -5.38. The van der Waals surface area contributed by atoms with Crippen molar-refractivity contribution < 1.29 is 23.8 Å². The lowest BCUT2D eigenvalue weighted by Crippen LogP contribution is -2.14. The molecular formula is C42H34Br2N2O5. The number of halogens is 2. The summed E-state index contributed by atoms with van der Waals surface area (Å²) in [5, 5.41) is 5.89. The summed E-state index contributed by atoms with van der Waals surface area (Å²) in [4.78, 5) is 26.5. The average Bonchev–Trinajstić information content (AvgIpc) is 3.15. The maximum Gasteiger partial charge on any atom is 0.259 e. The predicted molar refractivity (Wildman–Crippen MR) is 208 cm³/mol. The van der Waals surface area contributed by atoms with Gasteiger partial charge in [0.2, 0.25) is 0 Å². The topological polar surface area (TPSA) is 85.9 Å². The number of carbonyl (C=O) groups is 2. The van der Waals surface area contributed by atoms with Crippen LogP contribution in [-0.2, 0) is 12.8 Å². The number of anilines is 2. The molecule has 7 nitrogen and oxygen atoms in total. The molecule has 0 aliphatic heterocycles. The van der Waals surface area contributed by atoms with Gasteiger partial charge in [-0.25, -0.2) is 0 Å². The lowest BCUT2D eigenvalue weighted by atomic mass is 10.1. The van der Waals surface area contributed by atoms with E-state index in [-0.39, 0.29) is 11.8 Å². The molecule has 2 amide bonds. The Morgan fingerprint density at radius 1 is 0.490 bits per heavy atom. The summed E-state index contributed by atoms with van der Waals surface area (Å²) in [6.07, 6.45) is 1.46. The number of ether oxygens (including phenoxy) is 3. The second-order valence-corrected chi connectivity index (χ2v) is 13.3. The van der Waals surface area contributed by atoms with Gasteiger partial charge in [0.15, 0.2) is 0 Å². The molecule has 0 unspecified atom stereocenters. The van der Waals surface area contributed by atoms with Crippen LogP contribution in [0.1, 0.15) is 31.8 Å². The molecule has 0 spiro atoms. The van der Waals surface area contributed by atoms with Gasteiger partial charge in [-0.1, -0.05) is 92.5 Å². The van der Waals surface area contributed by atoms with Crippen LogP contribution in [0.2, 0.25) is 0 Å². The van der Waals surface area contributed by atoms with E-state index in [4.69, 9.17) is 14.2 Å². The minimum absolute atomic E-state index is 0.286. The summed E-state index contributed by atoms with van der Waals surface area (Å²) in [6.45, 7) is 0.892. The highest BCUT2D eigenvalue weighted by Crippen LogP contribution is 2.29. The van der Waals surface area contributed by atoms with Crippen LogP contribution in [0.5, 0.6) is 23.0 Å².